The molecular formula is C10H18O2. The zero-order valence-corrected chi connectivity index (χ0v) is 8.60. The summed E-state index contributed by atoms with van der Waals surface area (Å²) >= 11 is 0. The molecule has 0 saturated heterocycles. The Labute approximate surface area is 74.3 Å². The van der Waals surface area contributed by atoms with Gasteiger partial charge in [-0.25, -0.2) is 0 Å². The summed E-state index contributed by atoms with van der Waals surface area (Å²) in [7, 11) is 1.46. The molecular weight excluding hydrogens is 152 g/mol. The lowest BCUT2D eigenvalue weighted by Crippen LogP contribution is -2.22. The molecule has 0 N–H and O–H groups in total. The molecule has 0 heterocycles. The molecule has 12 heavy (non-hydrogen) atoms. The first kappa shape index (κ1) is 9.56. The minimum Gasteiger partial charge on any atom is -0.469 e. The number of carbonyl (C=O) groups is 1. The molecule has 1 aliphatic carbocycles. The van der Waals surface area contributed by atoms with Gasteiger partial charge in [-0.2, -0.15) is 0 Å². The third-order valence-corrected chi connectivity index (χ3v) is 2.93. The monoisotopic (exact) mass is 170 g/mol. The SMILES string of the molecule is COC(=O)C1(C)CC1C(C)(C)C. The van der Waals surface area contributed by atoms with E-state index < -0.39 is 0 Å². The van der Waals surface area contributed by atoms with Crippen LogP contribution in [0.25, 0.3) is 0 Å². The Balaban J connectivity index is 2.66. The summed E-state index contributed by atoms with van der Waals surface area (Å²) in [5, 5.41) is 0. The van der Waals surface area contributed by atoms with Crippen LogP contribution in [-0.4, -0.2) is 13.1 Å². The van der Waals surface area contributed by atoms with Crippen molar-refractivity contribution < 1.29 is 9.53 Å². The van der Waals surface area contributed by atoms with Crippen LogP contribution >= 0.6 is 0 Å². The van der Waals surface area contributed by atoms with E-state index in [1.165, 1.54) is 7.11 Å². The second kappa shape index (κ2) is 2.48. The Bertz CT molecular complexity index is 202. The maximum atomic E-state index is 11.3. The summed E-state index contributed by atoms with van der Waals surface area (Å²) in [5.74, 6) is 0.430. The van der Waals surface area contributed by atoms with E-state index in [2.05, 4.69) is 20.8 Å². The number of esters is 1. The van der Waals surface area contributed by atoms with Crippen LogP contribution in [0.4, 0.5) is 0 Å². The fourth-order valence-electron chi connectivity index (χ4n) is 2.09. The molecule has 0 aromatic heterocycles. The lowest BCUT2D eigenvalue weighted by molar-refractivity contribution is -0.147. The van der Waals surface area contributed by atoms with Gasteiger partial charge in [0.1, 0.15) is 0 Å². The molecule has 0 aliphatic heterocycles. The number of ether oxygens (including phenoxy) is 1. The van der Waals surface area contributed by atoms with E-state index in [9.17, 15) is 4.79 Å². The lowest BCUT2D eigenvalue weighted by Gasteiger charge is -2.20. The summed E-state index contributed by atoms with van der Waals surface area (Å²) in [4.78, 5) is 11.3. The van der Waals surface area contributed by atoms with E-state index in [1.807, 2.05) is 6.92 Å². The van der Waals surface area contributed by atoms with Crippen molar-refractivity contribution in [2.75, 3.05) is 7.11 Å². The maximum absolute atomic E-state index is 11.3. The molecule has 2 atom stereocenters. The smallest absolute Gasteiger partial charge is 0.311 e. The van der Waals surface area contributed by atoms with Gasteiger partial charge < -0.3 is 4.74 Å². The lowest BCUT2D eigenvalue weighted by atomic mass is 9.85. The largest absolute Gasteiger partial charge is 0.469 e. The van der Waals surface area contributed by atoms with Gasteiger partial charge in [0.05, 0.1) is 12.5 Å². The molecule has 0 bridgehead atoms. The van der Waals surface area contributed by atoms with Crippen LogP contribution in [0.1, 0.15) is 34.1 Å². The molecule has 70 valence electrons. The summed E-state index contributed by atoms with van der Waals surface area (Å²) in [6, 6.07) is 0. The predicted octanol–water partition coefficient (Wildman–Crippen LogP) is 2.23. The molecule has 1 saturated carbocycles. The fourth-order valence-corrected chi connectivity index (χ4v) is 2.09. The van der Waals surface area contributed by atoms with Gasteiger partial charge in [-0.1, -0.05) is 20.8 Å². The molecule has 1 rings (SSSR count). The first-order valence-corrected chi connectivity index (χ1v) is 4.41. The topological polar surface area (TPSA) is 26.3 Å². The summed E-state index contributed by atoms with van der Waals surface area (Å²) in [5.41, 5.74) is 0.0238. The third-order valence-electron chi connectivity index (χ3n) is 2.93. The van der Waals surface area contributed by atoms with Gasteiger partial charge >= 0.3 is 5.97 Å². The Morgan fingerprint density at radius 2 is 2.00 bits per heavy atom. The van der Waals surface area contributed by atoms with Crippen LogP contribution in [0.5, 0.6) is 0 Å². The van der Waals surface area contributed by atoms with Crippen molar-refractivity contribution in [3.63, 3.8) is 0 Å². The fraction of sp³-hybridized carbons (Fsp3) is 0.900. The van der Waals surface area contributed by atoms with Gasteiger partial charge in [0, 0.05) is 0 Å². The third kappa shape index (κ3) is 1.35. The van der Waals surface area contributed by atoms with E-state index in [0.717, 1.165) is 6.42 Å². The van der Waals surface area contributed by atoms with Crippen LogP contribution in [0.15, 0.2) is 0 Å². The van der Waals surface area contributed by atoms with Gasteiger partial charge in [0.15, 0.2) is 0 Å². The number of hydrogen-bond donors (Lipinski definition) is 0. The van der Waals surface area contributed by atoms with E-state index in [1.54, 1.807) is 0 Å². The molecule has 0 amide bonds. The highest BCUT2D eigenvalue weighted by molar-refractivity contribution is 5.80. The standard InChI is InChI=1S/C10H18O2/c1-9(2,3)7-6-10(7,4)8(11)12-5/h7H,6H2,1-5H3. The van der Waals surface area contributed by atoms with Crippen LogP contribution in [0.2, 0.25) is 0 Å². The normalized spacial score (nSPS) is 34.6. The number of carbonyl (C=O) groups excluding carboxylic acids is 1. The van der Waals surface area contributed by atoms with Crippen molar-refractivity contribution in [3.05, 3.63) is 0 Å². The Hall–Kier alpha value is -0.530. The summed E-state index contributed by atoms with van der Waals surface area (Å²) in [6.45, 7) is 8.51. The minimum atomic E-state index is -0.201. The van der Waals surface area contributed by atoms with Gasteiger partial charge in [0.25, 0.3) is 0 Å². The van der Waals surface area contributed by atoms with Gasteiger partial charge in [-0.3, -0.25) is 4.79 Å². The molecule has 1 fully saturated rings. The molecule has 0 spiro atoms. The van der Waals surface area contributed by atoms with Gasteiger partial charge in [-0.05, 0) is 24.7 Å². The van der Waals surface area contributed by atoms with Crippen LogP contribution in [0.3, 0.4) is 0 Å². The molecule has 0 aromatic carbocycles. The van der Waals surface area contributed by atoms with Crippen LogP contribution in [0, 0.1) is 16.7 Å². The zero-order chi connectivity index (χ0) is 9.57. The predicted molar refractivity (Wildman–Crippen MR) is 47.7 cm³/mol. The van der Waals surface area contributed by atoms with E-state index in [-0.39, 0.29) is 16.8 Å². The average Bonchev–Trinajstić information content (AvgIpc) is 2.61. The molecule has 0 radical (unpaired) electrons. The maximum Gasteiger partial charge on any atom is 0.311 e. The molecule has 2 nitrogen and oxygen atoms in total. The molecule has 2 unspecified atom stereocenters. The quantitative estimate of drug-likeness (QED) is 0.564. The van der Waals surface area contributed by atoms with E-state index in [4.69, 9.17) is 4.74 Å². The van der Waals surface area contributed by atoms with Crippen molar-refractivity contribution in [2.24, 2.45) is 16.7 Å². The van der Waals surface area contributed by atoms with Crippen molar-refractivity contribution in [2.45, 2.75) is 34.1 Å². The Morgan fingerprint density at radius 1 is 1.50 bits per heavy atom. The first-order chi connectivity index (χ1) is 5.32. The number of methoxy groups -OCH3 is 1. The number of hydrogen-bond acceptors (Lipinski definition) is 2. The number of rotatable bonds is 1. The highest BCUT2D eigenvalue weighted by Crippen LogP contribution is 2.61. The van der Waals surface area contributed by atoms with Crippen LogP contribution in [-0.2, 0) is 9.53 Å². The van der Waals surface area contributed by atoms with Crippen molar-refractivity contribution in [1.82, 2.24) is 0 Å². The zero-order valence-electron chi connectivity index (χ0n) is 8.60. The summed E-state index contributed by atoms with van der Waals surface area (Å²) < 4.78 is 4.76. The second-order valence-corrected chi connectivity index (χ2v) is 5.03. The van der Waals surface area contributed by atoms with Gasteiger partial charge in [0.2, 0.25) is 0 Å². The first-order valence-electron chi connectivity index (χ1n) is 4.41. The van der Waals surface area contributed by atoms with Crippen molar-refractivity contribution in [1.29, 1.82) is 0 Å². The average molecular weight is 170 g/mol. The van der Waals surface area contributed by atoms with Crippen molar-refractivity contribution in [3.8, 4) is 0 Å². The van der Waals surface area contributed by atoms with Crippen molar-refractivity contribution >= 4 is 5.97 Å². The van der Waals surface area contributed by atoms with E-state index >= 15 is 0 Å². The minimum absolute atomic E-state index is 0.0533. The molecule has 1 aliphatic rings. The Kier molecular flexibility index (Phi) is 1.97. The molecule has 0 aromatic rings. The highest BCUT2D eigenvalue weighted by atomic mass is 16.5. The summed E-state index contributed by atoms with van der Waals surface area (Å²) in [6.07, 6.45) is 0.975. The van der Waals surface area contributed by atoms with E-state index in [0.29, 0.717) is 5.92 Å². The Morgan fingerprint density at radius 3 is 2.25 bits per heavy atom. The molecule has 2 heteroatoms. The highest BCUT2D eigenvalue weighted by Gasteiger charge is 2.61. The second-order valence-electron chi connectivity index (χ2n) is 5.03. The van der Waals surface area contributed by atoms with Gasteiger partial charge in [-0.15, -0.1) is 0 Å². The van der Waals surface area contributed by atoms with Crippen LogP contribution < -0.4 is 0 Å².